The van der Waals surface area contributed by atoms with Gasteiger partial charge in [0.2, 0.25) is 0 Å². The molecule has 6 nitrogen and oxygen atoms in total. The number of nitrogen functional groups attached to an aromatic ring is 1. The van der Waals surface area contributed by atoms with Crippen LogP contribution >= 0.6 is 0 Å². The highest BCUT2D eigenvalue weighted by atomic mass is 16.5. The molecule has 1 aromatic carbocycles. The number of hydrogen-bond donors (Lipinski definition) is 1. The van der Waals surface area contributed by atoms with Crippen LogP contribution in [0.2, 0.25) is 0 Å². The van der Waals surface area contributed by atoms with Gasteiger partial charge in [-0.15, -0.1) is 10.2 Å². The third kappa shape index (κ3) is 2.14. The van der Waals surface area contributed by atoms with Gasteiger partial charge >= 0.3 is 0 Å². The van der Waals surface area contributed by atoms with Gasteiger partial charge in [-0.3, -0.25) is 4.40 Å². The number of aromatic nitrogens is 3. The number of fused-ring (bicyclic) bond motifs is 1. The average Bonchev–Trinajstić information content (AvgIpc) is 2.90. The topological polar surface area (TPSA) is 74.7 Å². The number of rotatable bonds is 3. The van der Waals surface area contributed by atoms with Crippen LogP contribution < -0.4 is 15.2 Å². The molecule has 0 spiro atoms. The van der Waals surface area contributed by atoms with E-state index in [4.69, 9.17) is 15.2 Å². The number of aryl methyl sites for hydroxylation is 1. The van der Waals surface area contributed by atoms with Crippen LogP contribution in [0.3, 0.4) is 0 Å². The van der Waals surface area contributed by atoms with Crippen molar-refractivity contribution in [2.24, 2.45) is 0 Å². The second-order valence-electron chi connectivity index (χ2n) is 4.74. The summed E-state index contributed by atoms with van der Waals surface area (Å²) in [7, 11) is 3.24. The molecular formula is C15H16N4O2. The van der Waals surface area contributed by atoms with Crippen molar-refractivity contribution in [3.63, 3.8) is 0 Å². The van der Waals surface area contributed by atoms with E-state index in [1.54, 1.807) is 20.4 Å². The highest BCUT2D eigenvalue weighted by molar-refractivity contribution is 5.70. The predicted molar refractivity (Wildman–Crippen MR) is 80.7 cm³/mol. The summed E-state index contributed by atoms with van der Waals surface area (Å²) in [5.41, 5.74) is 9.12. The van der Waals surface area contributed by atoms with Gasteiger partial charge in [0.1, 0.15) is 11.5 Å². The fourth-order valence-electron chi connectivity index (χ4n) is 2.36. The summed E-state index contributed by atoms with van der Waals surface area (Å²) in [6.07, 6.45) is 1.80. The molecule has 0 amide bonds. The van der Waals surface area contributed by atoms with Crippen LogP contribution in [0.1, 0.15) is 5.56 Å². The van der Waals surface area contributed by atoms with Crippen molar-refractivity contribution < 1.29 is 9.47 Å². The summed E-state index contributed by atoms with van der Waals surface area (Å²) in [5.74, 6) is 2.09. The van der Waals surface area contributed by atoms with Crippen molar-refractivity contribution in [3.8, 4) is 22.9 Å². The molecule has 2 N–H and O–H groups in total. The van der Waals surface area contributed by atoms with E-state index < -0.39 is 0 Å². The van der Waals surface area contributed by atoms with Gasteiger partial charge < -0.3 is 15.2 Å². The standard InChI is InChI=1S/C15H16N4O2/c1-9-6-10(16)8-19-14(9)17-18-15(19)12-7-11(20-2)4-5-13(12)21-3/h4-8H,16H2,1-3H3. The van der Waals surface area contributed by atoms with Gasteiger partial charge in [-0.1, -0.05) is 0 Å². The monoisotopic (exact) mass is 284 g/mol. The molecule has 3 rings (SSSR count). The van der Waals surface area contributed by atoms with Crippen LogP contribution in [-0.4, -0.2) is 28.8 Å². The lowest BCUT2D eigenvalue weighted by atomic mass is 10.1. The maximum Gasteiger partial charge on any atom is 0.172 e. The SMILES string of the molecule is COc1ccc(OC)c(-c2nnc3c(C)cc(N)cn23)c1. The summed E-state index contributed by atoms with van der Waals surface area (Å²) in [6, 6.07) is 7.42. The smallest absolute Gasteiger partial charge is 0.172 e. The molecule has 0 atom stereocenters. The Morgan fingerprint density at radius 3 is 2.62 bits per heavy atom. The molecule has 0 saturated heterocycles. The van der Waals surface area contributed by atoms with E-state index in [9.17, 15) is 0 Å². The van der Waals surface area contributed by atoms with Crippen LogP contribution in [0.5, 0.6) is 11.5 Å². The van der Waals surface area contributed by atoms with Gasteiger partial charge in [0.05, 0.1) is 19.8 Å². The number of nitrogens with zero attached hydrogens (tertiary/aromatic N) is 3. The minimum absolute atomic E-state index is 0.655. The fourth-order valence-corrected chi connectivity index (χ4v) is 2.36. The van der Waals surface area contributed by atoms with E-state index in [0.717, 1.165) is 22.5 Å². The zero-order chi connectivity index (χ0) is 15.0. The van der Waals surface area contributed by atoms with E-state index in [1.807, 2.05) is 35.6 Å². The molecule has 108 valence electrons. The van der Waals surface area contributed by atoms with E-state index in [-0.39, 0.29) is 0 Å². The van der Waals surface area contributed by atoms with E-state index in [0.29, 0.717) is 17.3 Å². The lowest BCUT2D eigenvalue weighted by Gasteiger charge is -2.09. The zero-order valence-electron chi connectivity index (χ0n) is 12.1. The summed E-state index contributed by atoms with van der Waals surface area (Å²) in [5, 5.41) is 8.50. The number of pyridine rings is 1. The number of anilines is 1. The maximum atomic E-state index is 5.93. The second-order valence-corrected chi connectivity index (χ2v) is 4.74. The van der Waals surface area contributed by atoms with Crippen LogP contribution in [0, 0.1) is 6.92 Å². The van der Waals surface area contributed by atoms with Crippen LogP contribution in [0.4, 0.5) is 5.69 Å². The largest absolute Gasteiger partial charge is 0.497 e. The Balaban J connectivity index is 2.30. The molecule has 0 saturated carbocycles. The fraction of sp³-hybridized carbons (Fsp3) is 0.200. The Labute approximate surface area is 122 Å². The van der Waals surface area contributed by atoms with Gasteiger partial charge in [0.25, 0.3) is 0 Å². The van der Waals surface area contributed by atoms with Gasteiger partial charge in [-0.2, -0.15) is 0 Å². The second kappa shape index (κ2) is 4.97. The van der Waals surface area contributed by atoms with Crippen LogP contribution in [0.15, 0.2) is 30.5 Å². The lowest BCUT2D eigenvalue weighted by molar-refractivity contribution is 0.404. The molecule has 0 aliphatic heterocycles. The predicted octanol–water partition coefficient (Wildman–Crippen LogP) is 2.30. The quantitative estimate of drug-likeness (QED) is 0.798. The van der Waals surface area contributed by atoms with E-state index in [2.05, 4.69) is 10.2 Å². The van der Waals surface area contributed by atoms with Crippen molar-refractivity contribution in [2.75, 3.05) is 20.0 Å². The van der Waals surface area contributed by atoms with Crippen LogP contribution in [-0.2, 0) is 0 Å². The van der Waals surface area contributed by atoms with Gasteiger partial charge in [-0.05, 0) is 36.8 Å². The van der Waals surface area contributed by atoms with E-state index in [1.165, 1.54) is 0 Å². The van der Waals surface area contributed by atoms with Crippen LogP contribution in [0.25, 0.3) is 17.0 Å². The number of methoxy groups -OCH3 is 2. The Hall–Kier alpha value is -2.76. The number of nitrogens with two attached hydrogens (primary N) is 1. The normalized spacial score (nSPS) is 10.8. The molecule has 0 unspecified atom stereocenters. The first-order valence-electron chi connectivity index (χ1n) is 6.47. The minimum Gasteiger partial charge on any atom is -0.497 e. The van der Waals surface area contributed by atoms with Gasteiger partial charge in [-0.25, -0.2) is 0 Å². The highest BCUT2D eigenvalue weighted by Crippen LogP contribution is 2.33. The molecule has 2 heterocycles. The Morgan fingerprint density at radius 2 is 1.90 bits per heavy atom. The van der Waals surface area contributed by atoms with Crippen molar-refractivity contribution in [1.82, 2.24) is 14.6 Å². The third-order valence-electron chi connectivity index (χ3n) is 3.36. The first-order valence-corrected chi connectivity index (χ1v) is 6.47. The molecule has 6 heteroatoms. The third-order valence-corrected chi connectivity index (χ3v) is 3.36. The van der Waals surface area contributed by atoms with E-state index >= 15 is 0 Å². The Bertz CT molecular complexity index is 811. The van der Waals surface area contributed by atoms with Crippen molar-refractivity contribution in [1.29, 1.82) is 0 Å². The Morgan fingerprint density at radius 1 is 1.10 bits per heavy atom. The summed E-state index contributed by atoms with van der Waals surface area (Å²) in [6.45, 7) is 1.95. The van der Waals surface area contributed by atoms with Crippen molar-refractivity contribution in [2.45, 2.75) is 6.92 Å². The highest BCUT2D eigenvalue weighted by Gasteiger charge is 2.15. The van der Waals surface area contributed by atoms with Crippen molar-refractivity contribution in [3.05, 3.63) is 36.0 Å². The molecule has 0 bridgehead atoms. The van der Waals surface area contributed by atoms with Crippen molar-refractivity contribution >= 4 is 11.3 Å². The summed E-state index contributed by atoms with van der Waals surface area (Å²) in [4.78, 5) is 0. The molecule has 0 aliphatic carbocycles. The molecule has 21 heavy (non-hydrogen) atoms. The maximum absolute atomic E-state index is 5.93. The average molecular weight is 284 g/mol. The number of benzene rings is 1. The summed E-state index contributed by atoms with van der Waals surface area (Å²) < 4.78 is 12.5. The number of ether oxygens (including phenoxy) is 2. The number of hydrogen-bond acceptors (Lipinski definition) is 5. The molecule has 0 fully saturated rings. The summed E-state index contributed by atoms with van der Waals surface area (Å²) >= 11 is 0. The van der Waals surface area contributed by atoms with Gasteiger partial charge in [0.15, 0.2) is 11.5 Å². The molecule has 0 aliphatic rings. The minimum atomic E-state index is 0.655. The Kier molecular flexibility index (Phi) is 3.13. The molecule has 2 aromatic heterocycles. The molecular weight excluding hydrogens is 268 g/mol. The first-order chi connectivity index (χ1) is 10.1. The lowest BCUT2D eigenvalue weighted by Crippen LogP contribution is -1.97. The molecule has 0 radical (unpaired) electrons. The molecule has 3 aromatic rings. The zero-order valence-corrected chi connectivity index (χ0v) is 12.1. The van der Waals surface area contributed by atoms with Gasteiger partial charge in [0, 0.05) is 11.9 Å². The first kappa shape index (κ1) is 13.2.